The van der Waals surface area contributed by atoms with Gasteiger partial charge < -0.3 is 0 Å². The van der Waals surface area contributed by atoms with Gasteiger partial charge >= 0.3 is 5.69 Å². The highest BCUT2D eigenvalue weighted by Gasteiger charge is 2.25. The third kappa shape index (κ3) is 5.38. The molecule has 0 atom stereocenters. The second-order valence-corrected chi connectivity index (χ2v) is 7.88. The van der Waals surface area contributed by atoms with Crippen molar-refractivity contribution in [3.63, 3.8) is 0 Å². The summed E-state index contributed by atoms with van der Waals surface area (Å²) in [4.78, 5) is 23.1. The molecule has 1 aromatic heterocycles. The summed E-state index contributed by atoms with van der Waals surface area (Å²) < 4.78 is 2.25. The third-order valence-electron chi connectivity index (χ3n) is 4.37. The summed E-state index contributed by atoms with van der Waals surface area (Å²) in [6.45, 7) is 4.50. The number of halogens is 1. The van der Waals surface area contributed by atoms with Crippen LogP contribution in [-0.2, 0) is 6.54 Å². The fraction of sp³-hybridized carbons (Fsp3) is 0.190. The molecule has 0 aliphatic heterocycles. The number of carbonyl (C=O) groups excluding carboxylic acids is 1. The molecule has 9 heteroatoms. The van der Waals surface area contributed by atoms with Crippen molar-refractivity contribution in [3.05, 3.63) is 91.7 Å². The van der Waals surface area contributed by atoms with Gasteiger partial charge in [-0.25, -0.2) is 5.43 Å². The molecule has 0 unspecified atom stereocenters. The van der Waals surface area contributed by atoms with Crippen molar-refractivity contribution in [2.75, 3.05) is 0 Å². The van der Waals surface area contributed by atoms with Gasteiger partial charge in [0, 0.05) is 4.47 Å². The van der Waals surface area contributed by atoms with Crippen molar-refractivity contribution >= 4 is 33.7 Å². The second kappa shape index (κ2) is 9.45. The SMILES string of the molecule is CC(C)c1ccc(C=NNC(=O)c2nn(Cc3cccc(Br)c3)cc2[N+](=O)[O-])cc1. The highest BCUT2D eigenvalue weighted by Crippen LogP contribution is 2.19. The zero-order valence-corrected chi connectivity index (χ0v) is 18.0. The van der Waals surface area contributed by atoms with Crippen LogP contribution in [0.4, 0.5) is 5.69 Å². The molecule has 0 radical (unpaired) electrons. The van der Waals surface area contributed by atoms with E-state index in [0.717, 1.165) is 15.6 Å². The normalized spacial score (nSPS) is 11.2. The number of benzene rings is 2. The van der Waals surface area contributed by atoms with Crippen LogP contribution in [0.5, 0.6) is 0 Å². The van der Waals surface area contributed by atoms with E-state index in [1.54, 1.807) is 0 Å². The molecule has 3 aromatic rings. The average Bonchev–Trinajstić information content (AvgIpc) is 3.12. The van der Waals surface area contributed by atoms with Gasteiger partial charge in [0.2, 0.25) is 5.69 Å². The lowest BCUT2D eigenvalue weighted by molar-refractivity contribution is -0.385. The van der Waals surface area contributed by atoms with Crippen molar-refractivity contribution in [2.45, 2.75) is 26.3 Å². The number of carbonyl (C=O) groups is 1. The standard InChI is InChI=1S/C21H20BrN5O3/c1-14(2)17-8-6-15(7-9-17)11-23-24-21(28)20-19(27(29)30)13-26(25-20)12-16-4-3-5-18(22)10-16/h3-11,13-14H,12H2,1-2H3,(H,24,28). The van der Waals surface area contributed by atoms with Crippen LogP contribution in [-0.4, -0.2) is 26.8 Å². The van der Waals surface area contributed by atoms with Crippen LogP contribution < -0.4 is 5.43 Å². The molecule has 30 heavy (non-hydrogen) atoms. The number of hydrogen-bond acceptors (Lipinski definition) is 5. The average molecular weight is 470 g/mol. The van der Waals surface area contributed by atoms with E-state index in [-0.39, 0.29) is 11.4 Å². The van der Waals surface area contributed by atoms with Gasteiger partial charge in [0.15, 0.2) is 0 Å². The van der Waals surface area contributed by atoms with Gasteiger partial charge in [-0.1, -0.05) is 66.2 Å². The summed E-state index contributed by atoms with van der Waals surface area (Å²) >= 11 is 3.38. The lowest BCUT2D eigenvalue weighted by Crippen LogP contribution is -2.19. The minimum absolute atomic E-state index is 0.290. The Kier molecular flexibility index (Phi) is 6.73. The van der Waals surface area contributed by atoms with Crippen molar-refractivity contribution in [1.29, 1.82) is 0 Å². The minimum Gasteiger partial charge on any atom is -0.265 e. The molecule has 0 saturated heterocycles. The number of nitrogens with one attached hydrogen (secondary N) is 1. The Hall–Kier alpha value is -3.33. The predicted octanol–water partition coefficient (Wildman–Crippen LogP) is 4.49. The Morgan fingerprint density at radius 2 is 2.03 bits per heavy atom. The van der Waals surface area contributed by atoms with Crippen LogP contribution in [0.2, 0.25) is 0 Å². The second-order valence-electron chi connectivity index (χ2n) is 6.97. The molecular formula is C21H20BrN5O3. The summed E-state index contributed by atoms with van der Waals surface area (Å²) in [5.74, 6) is -0.326. The fourth-order valence-corrected chi connectivity index (χ4v) is 3.24. The molecule has 1 N–H and O–H groups in total. The highest BCUT2D eigenvalue weighted by atomic mass is 79.9. The molecule has 0 aliphatic carbocycles. The molecule has 1 amide bonds. The van der Waals surface area contributed by atoms with Crippen molar-refractivity contribution < 1.29 is 9.72 Å². The largest absolute Gasteiger partial charge is 0.320 e. The quantitative estimate of drug-likeness (QED) is 0.312. The monoisotopic (exact) mass is 469 g/mol. The van der Waals surface area contributed by atoms with E-state index in [0.29, 0.717) is 12.5 Å². The smallest absolute Gasteiger partial charge is 0.265 e. The Balaban J connectivity index is 1.72. The molecule has 8 nitrogen and oxygen atoms in total. The van der Waals surface area contributed by atoms with E-state index >= 15 is 0 Å². The first-order valence-corrected chi connectivity index (χ1v) is 10.0. The van der Waals surface area contributed by atoms with Crippen LogP contribution in [0.15, 0.2) is 64.3 Å². The molecule has 0 bridgehead atoms. The topological polar surface area (TPSA) is 102 Å². The van der Waals surface area contributed by atoms with Gasteiger partial charge in [0.1, 0.15) is 6.20 Å². The predicted molar refractivity (Wildman–Crippen MR) is 118 cm³/mol. The van der Waals surface area contributed by atoms with E-state index in [1.807, 2.05) is 48.5 Å². The van der Waals surface area contributed by atoms with Gasteiger partial charge in [-0.3, -0.25) is 19.6 Å². The zero-order chi connectivity index (χ0) is 21.7. The molecule has 154 valence electrons. The number of amides is 1. The zero-order valence-electron chi connectivity index (χ0n) is 16.4. The summed E-state index contributed by atoms with van der Waals surface area (Å²) in [6, 6.07) is 15.2. The van der Waals surface area contributed by atoms with E-state index in [2.05, 4.69) is 45.4 Å². The van der Waals surface area contributed by atoms with Crippen LogP contribution >= 0.6 is 15.9 Å². The first-order valence-electron chi connectivity index (χ1n) is 9.23. The molecule has 3 rings (SSSR count). The molecule has 1 heterocycles. The fourth-order valence-electron chi connectivity index (χ4n) is 2.79. The molecule has 0 saturated carbocycles. The number of hydrazone groups is 1. The number of rotatable bonds is 7. The van der Waals surface area contributed by atoms with Gasteiger partial charge in [-0.05, 0) is 34.7 Å². The lowest BCUT2D eigenvalue weighted by atomic mass is 10.0. The van der Waals surface area contributed by atoms with Crippen LogP contribution in [0, 0.1) is 10.1 Å². The maximum absolute atomic E-state index is 12.4. The van der Waals surface area contributed by atoms with Crippen molar-refractivity contribution in [3.8, 4) is 0 Å². The maximum Gasteiger partial charge on any atom is 0.320 e. The molecule has 2 aromatic carbocycles. The van der Waals surface area contributed by atoms with Gasteiger partial charge in [-0.15, -0.1) is 0 Å². The molecule has 0 fully saturated rings. The Labute approximate surface area is 181 Å². The summed E-state index contributed by atoms with van der Waals surface area (Å²) in [5.41, 5.74) is 4.53. The minimum atomic E-state index is -0.746. The molecule has 0 spiro atoms. The summed E-state index contributed by atoms with van der Waals surface area (Å²) in [6.07, 6.45) is 2.72. The van der Waals surface area contributed by atoms with E-state index in [9.17, 15) is 14.9 Å². The lowest BCUT2D eigenvalue weighted by Gasteiger charge is -2.04. The van der Waals surface area contributed by atoms with Crippen molar-refractivity contribution in [1.82, 2.24) is 15.2 Å². The summed E-state index contributed by atoms with van der Waals surface area (Å²) in [7, 11) is 0. The molecular weight excluding hydrogens is 450 g/mol. The molecule has 0 aliphatic rings. The van der Waals surface area contributed by atoms with Crippen molar-refractivity contribution in [2.24, 2.45) is 5.10 Å². The van der Waals surface area contributed by atoms with E-state index in [4.69, 9.17) is 0 Å². The summed E-state index contributed by atoms with van der Waals surface area (Å²) in [5, 5.41) is 19.3. The number of nitro groups is 1. The van der Waals surface area contributed by atoms with Gasteiger partial charge in [-0.2, -0.15) is 10.2 Å². The Morgan fingerprint density at radius 3 is 2.67 bits per heavy atom. The third-order valence-corrected chi connectivity index (χ3v) is 4.86. The van der Waals surface area contributed by atoms with Crippen LogP contribution in [0.25, 0.3) is 0 Å². The Morgan fingerprint density at radius 1 is 1.30 bits per heavy atom. The van der Waals surface area contributed by atoms with E-state index < -0.39 is 10.8 Å². The van der Waals surface area contributed by atoms with Crippen LogP contribution in [0.3, 0.4) is 0 Å². The number of aromatic nitrogens is 2. The maximum atomic E-state index is 12.4. The highest BCUT2D eigenvalue weighted by molar-refractivity contribution is 9.10. The first-order chi connectivity index (χ1) is 14.3. The van der Waals surface area contributed by atoms with Gasteiger partial charge in [0.05, 0.1) is 17.7 Å². The number of hydrogen-bond donors (Lipinski definition) is 1. The number of nitrogens with zero attached hydrogens (tertiary/aromatic N) is 4. The van der Waals surface area contributed by atoms with E-state index in [1.165, 1.54) is 22.7 Å². The first kappa shape index (κ1) is 21.4. The van der Waals surface area contributed by atoms with Gasteiger partial charge in [0.25, 0.3) is 5.91 Å². The Bertz CT molecular complexity index is 1090. The van der Waals surface area contributed by atoms with Crippen LogP contribution in [0.1, 0.15) is 46.9 Å².